The molecule has 1 saturated carbocycles. The highest BCUT2D eigenvalue weighted by molar-refractivity contribution is 5.82. The van der Waals surface area contributed by atoms with E-state index in [4.69, 9.17) is 9.47 Å². The Morgan fingerprint density at radius 2 is 1.73 bits per heavy atom. The van der Waals surface area contributed by atoms with E-state index >= 15 is 0 Å². The minimum Gasteiger partial charge on any atom is -0.350 e. The summed E-state index contributed by atoms with van der Waals surface area (Å²) in [5.41, 5.74) is 4.79. The summed E-state index contributed by atoms with van der Waals surface area (Å²) >= 11 is 0. The molecule has 0 atom stereocenters. The molecule has 0 aliphatic heterocycles. The normalized spacial score (nSPS) is 14.2. The summed E-state index contributed by atoms with van der Waals surface area (Å²) < 4.78 is 14.3. The first-order chi connectivity index (χ1) is 19.6. The lowest BCUT2D eigenvalue weighted by Crippen LogP contribution is -2.35. The minimum atomic E-state index is -0.813. The molecule has 0 bridgehead atoms. The fourth-order valence-electron chi connectivity index (χ4n) is 5.76. The SMILES string of the molecule is CCCc1c(C(OC)OC)n(C(=O)C2CCCCC2)c(=O)n1Cc1ccc(-c2ccccc2-c2nnn[nH]2)cc1. The van der Waals surface area contributed by atoms with Crippen LogP contribution in [0.4, 0.5) is 0 Å². The van der Waals surface area contributed by atoms with Gasteiger partial charge in [0.2, 0.25) is 12.2 Å². The first-order valence-electron chi connectivity index (χ1n) is 13.9. The number of hydrogen-bond donors (Lipinski definition) is 1. The number of nitrogens with one attached hydrogen (secondary N) is 1. The second-order valence-electron chi connectivity index (χ2n) is 10.3. The second kappa shape index (κ2) is 12.5. The Hall–Kier alpha value is -3.89. The van der Waals surface area contributed by atoms with Crippen LogP contribution >= 0.6 is 0 Å². The van der Waals surface area contributed by atoms with Crippen molar-refractivity contribution in [2.75, 3.05) is 14.2 Å². The maximum Gasteiger partial charge on any atom is 0.335 e. The molecule has 5 rings (SSSR count). The van der Waals surface area contributed by atoms with Crippen molar-refractivity contribution in [3.05, 3.63) is 76.0 Å². The van der Waals surface area contributed by atoms with Gasteiger partial charge in [-0.3, -0.25) is 9.36 Å². The number of nitrogens with zero attached hydrogens (tertiary/aromatic N) is 5. The quantitative estimate of drug-likeness (QED) is 0.279. The van der Waals surface area contributed by atoms with Gasteiger partial charge in [-0.25, -0.2) is 14.5 Å². The zero-order chi connectivity index (χ0) is 28.1. The van der Waals surface area contributed by atoms with E-state index in [0.29, 0.717) is 24.5 Å². The molecule has 1 aliphatic rings. The van der Waals surface area contributed by atoms with E-state index in [2.05, 4.69) is 27.5 Å². The van der Waals surface area contributed by atoms with Gasteiger partial charge in [0.1, 0.15) is 5.69 Å². The van der Waals surface area contributed by atoms with Crippen molar-refractivity contribution in [2.45, 2.75) is 64.7 Å². The highest BCUT2D eigenvalue weighted by Crippen LogP contribution is 2.31. The molecule has 1 aliphatic carbocycles. The van der Waals surface area contributed by atoms with Crippen molar-refractivity contribution in [2.24, 2.45) is 5.92 Å². The van der Waals surface area contributed by atoms with E-state index in [1.165, 1.54) is 18.8 Å². The van der Waals surface area contributed by atoms with Gasteiger partial charge in [0.05, 0.1) is 6.54 Å². The van der Waals surface area contributed by atoms with Crippen molar-refractivity contribution in [1.82, 2.24) is 29.8 Å². The van der Waals surface area contributed by atoms with Crippen LogP contribution in [0.5, 0.6) is 0 Å². The smallest absolute Gasteiger partial charge is 0.335 e. The maximum absolute atomic E-state index is 13.9. The lowest BCUT2D eigenvalue weighted by Gasteiger charge is -2.22. The molecule has 10 heteroatoms. The second-order valence-corrected chi connectivity index (χ2v) is 10.3. The van der Waals surface area contributed by atoms with E-state index in [0.717, 1.165) is 66.5 Å². The van der Waals surface area contributed by atoms with Gasteiger partial charge >= 0.3 is 5.69 Å². The van der Waals surface area contributed by atoms with E-state index in [-0.39, 0.29) is 17.5 Å². The van der Waals surface area contributed by atoms with Crippen molar-refractivity contribution < 1.29 is 14.3 Å². The molecule has 1 fully saturated rings. The third-order valence-corrected chi connectivity index (χ3v) is 7.73. The first-order valence-corrected chi connectivity index (χ1v) is 13.9. The molecule has 2 aromatic heterocycles. The van der Waals surface area contributed by atoms with Crippen LogP contribution in [-0.2, 0) is 22.4 Å². The third kappa shape index (κ3) is 5.41. The average Bonchev–Trinajstić information content (AvgIpc) is 3.62. The highest BCUT2D eigenvalue weighted by Gasteiger charge is 2.33. The number of carbonyl (C=O) groups is 1. The van der Waals surface area contributed by atoms with Gasteiger partial charge < -0.3 is 9.47 Å². The number of aromatic amines is 1. The van der Waals surface area contributed by atoms with Gasteiger partial charge in [-0.1, -0.05) is 81.1 Å². The summed E-state index contributed by atoms with van der Waals surface area (Å²) in [5.74, 6) is 0.283. The van der Waals surface area contributed by atoms with Crippen molar-refractivity contribution in [3.8, 4) is 22.5 Å². The summed E-state index contributed by atoms with van der Waals surface area (Å²) in [5, 5.41) is 14.3. The zero-order valence-electron chi connectivity index (χ0n) is 23.3. The molecular weight excluding hydrogens is 508 g/mol. The van der Waals surface area contributed by atoms with Gasteiger partial charge in [0, 0.05) is 31.4 Å². The maximum atomic E-state index is 13.9. The standard InChI is InChI=1S/C30H36N6O4/c1-4-10-25-26(29(39-2)40-3)36(28(37)22-11-6-5-7-12-22)30(38)35(25)19-20-15-17-21(18-16-20)23-13-8-9-14-24(23)27-31-33-34-32-27/h8-9,13-18,22,29H,4-7,10-12,19H2,1-3H3,(H,31,32,33,34). The van der Waals surface area contributed by atoms with Crippen molar-refractivity contribution >= 4 is 5.91 Å². The van der Waals surface area contributed by atoms with E-state index in [1.807, 2.05) is 48.5 Å². The fraction of sp³-hybridized carbons (Fsp3) is 0.433. The lowest BCUT2D eigenvalue weighted by atomic mass is 9.88. The molecule has 0 amide bonds. The predicted octanol–water partition coefficient (Wildman–Crippen LogP) is 5.01. The molecular formula is C30H36N6O4. The predicted molar refractivity (Wildman–Crippen MR) is 151 cm³/mol. The van der Waals surface area contributed by atoms with Crippen LogP contribution < -0.4 is 5.69 Å². The van der Waals surface area contributed by atoms with Gasteiger partial charge in [0.15, 0.2) is 5.82 Å². The monoisotopic (exact) mass is 544 g/mol. The molecule has 0 radical (unpaired) electrons. The number of H-pyrrole nitrogens is 1. The number of tetrazole rings is 1. The molecule has 2 aromatic carbocycles. The van der Waals surface area contributed by atoms with Crippen LogP contribution in [0.1, 0.15) is 73.5 Å². The van der Waals surface area contributed by atoms with Crippen LogP contribution in [-0.4, -0.2) is 49.9 Å². The van der Waals surface area contributed by atoms with Gasteiger partial charge in [0.25, 0.3) is 0 Å². The molecule has 10 nitrogen and oxygen atoms in total. The largest absolute Gasteiger partial charge is 0.350 e. The van der Waals surface area contributed by atoms with Crippen LogP contribution in [0.2, 0.25) is 0 Å². The average molecular weight is 545 g/mol. The Bertz CT molecular complexity index is 1480. The summed E-state index contributed by atoms with van der Waals surface area (Å²) in [7, 11) is 3.07. The summed E-state index contributed by atoms with van der Waals surface area (Å²) in [6, 6.07) is 16.0. The summed E-state index contributed by atoms with van der Waals surface area (Å²) in [4.78, 5) is 27.7. The molecule has 0 spiro atoms. The topological polar surface area (TPSA) is 117 Å². The minimum absolute atomic E-state index is 0.149. The third-order valence-electron chi connectivity index (χ3n) is 7.73. The number of carbonyl (C=O) groups excluding carboxylic acids is 1. The molecule has 210 valence electrons. The van der Waals surface area contributed by atoms with E-state index < -0.39 is 6.29 Å². The van der Waals surface area contributed by atoms with E-state index in [9.17, 15) is 9.59 Å². The Labute approximate surface area is 233 Å². The van der Waals surface area contributed by atoms with Gasteiger partial charge in [-0.15, -0.1) is 5.10 Å². The van der Waals surface area contributed by atoms with Crippen LogP contribution in [0.15, 0.2) is 53.3 Å². The fourth-order valence-corrected chi connectivity index (χ4v) is 5.76. The lowest BCUT2D eigenvalue weighted by molar-refractivity contribution is -0.110. The number of rotatable bonds is 10. The summed E-state index contributed by atoms with van der Waals surface area (Å²) in [6.07, 6.45) is 5.35. The zero-order valence-corrected chi connectivity index (χ0v) is 23.3. The molecule has 0 unspecified atom stereocenters. The van der Waals surface area contributed by atoms with Crippen LogP contribution in [0, 0.1) is 5.92 Å². The van der Waals surface area contributed by atoms with Gasteiger partial charge in [-0.05, 0) is 46.4 Å². The number of imidazole rings is 1. The Morgan fingerprint density at radius 1 is 1.02 bits per heavy atom. The van der Waals surface area contributed by atoms with Gasteiger partial charge in [-0.2, -0.15) is 0 Å². The Morgan fingerprint density at radius 3 is 2.35 bits per heavy atom. The number of methoxy groups -OCH3 is 2. The number of ether oxygens (including phenoxy) is 2. The molecule has 40 heavy (non-hydrogen) atoms. The molecule has 0 saturated heterocycles. The highest BCUT2D eigenvalue weighted by atomic mass is 16.7. The number of hydrogen-bond acceptors (Lipinski definition) is 7. The van der Waals surface area contributed by atoms with Crippen LogP contribution in [0.3, 0.4) is 0 Å². The molecule has 2 heterocycles. The Kier molecular flexibility index (Phi) is 8.66. The molecule has 1 N–H and O–H groups in total. The first kappa shape index (κ1) is 27.7. The van der Waals surface area contributed by atoms with Crippen molar-refractivity contribution in [3.63, 3.8) is 0 Å². The molecule has 4 aromatic rings. The summed E-state index contributed by atoms with van der Waals surface area (Å²) in [6.45, 7) is 2.39. The Balaban J connectivity index is 1.53. The van der Waals surface area contributed by atoms with Crippen LogP contribution in [0.25, 0.3) is 22.5 Å². The van der Waals surface area contributed by atoms with Crippen molar-refractivity contribution in [1.29, 1.82) is 0 Å². The number of benzene rings is 2. The number of aromatic nitrogens is 6. The van der Waals surface area contributed by atoms with E-state index in [1.54, 1.807) is 4.57 Å².